The Morgan fingerprint density at radius 1 is 1.15 bits per heavy atom. The van der Waals surface area contributed by atoms with Crippen LogP contribution in [0.5, 0.6) is 0 Å². The molecule has 0 aromatic heterocycles. The summed E-state index contributed by atoms with van der Waals surface area (Å²) in [6, 6.07) is 8.17. The average Bonchev–Trinajstić information content (AvgIpc) is 2.36. The molecule has 1 unspecified atom stereocenters. The van der Waals surface area contributed by atoms with E-state index in [0.29, 0.717) is 12.3 Å². The van der Waals surface area contributed by atoms with Crippen LogP contribution in [0.3, 0.4) is 0 Å². The number of rotatable bonds is 8. The predicted molar refractivity (Wildman–Crippen MR) is 85.7 cm³/mol. The van der Waals surface area contributed by atoms with Gasteiger partial charge in [0, 0.05) is 11.8 Å². The van der Waals surface area contributed by atoms with E-state index in [4.69, 9.17) is 0 Å². The van der Waals surface area contributed by atoms with Crippen LogP contribution in [0.1, 0.15) is 44.4 Å². The van der Waals surface area contributed by atoms with Crippen LogP contribution in [-0.4, -0.2) is 27.0 Å². The van der Waals surface area contributed by atoms with Crippen molar-refractivity contribution >= 4 is 9.84 Å². The van der Waals surface area contributed by atoms with Crippen molar-refractivity contribution in [3.05, 3.63) is 35.4 Å². The minimum Gasteiger partial charge on any atom is -0.312 e. The van der Waals surface area contributed by atoms with Crippen LogP contribution in [0.2, 0.25) is 0 Å². The van der Waals surface area contributed by atoms with E-state index in [2.05, 4.69) is 31.3 Å². The van der Waals surface area contributed by atoms with Crippen molar-refractivity contribution in [1.82, 2.24) is 5.32 Å². The molecule has 0 aliphatic heterocycles. The van der Waals surface area contributed by atoms with Gasteiger partial charge in [-0.25, -0.2) is 8.42 Å². The van der Waals surface area contributed by atoms with Gasteiger partial charge in [0.2, 0.25) is 0 Å². The first-order valence-corrected chi connectivity index (χ1v) is 9.16. The van der Waals surface area contributed by atoms with E-state index in [9.17, 15) is 8.42 Å². The van der Waals surface area contributed by atoms with Crippen molar-refractivity contribution < 1.29 is 8.42 Å². The van der Waals surface area contributed by atoms with Gasteiger partial charge in [0.25, 0.3) is 0 Å². The van der Waals surface area contributed by atoms with Crippen molar-refractivity contribution in [2.24, 2.45) is 5.92 Å². The van der Waals surface area contributed by atoms with E-state index < -0.39 is 9.84 Å². The maximum atomic E-state index is 11.9. The van der Waals surface area contributed by atoms with Gasteiger partial charge in [0.15, 0.2) is 9.84 Å². The molecule has 0 fully saturated rings. The lowest BCUT2D eigenvalue weighted by atomic mass is 10.00. The molecular formula is C16H27NO2S. The Kier molecular flexibility index (Phi) is 6.69. The Morgan fingerprint density at radius 2 is 1.75 bits per heavy atom. The van der Waals surface area contributed by atoms with Crippen molar-refractivity contribution in [2.75, 3.05) is 18.6 Å². The quantitative estimate of drug-likeness (QED) is 0.802. The van der Waals surface area contributed by atoms with Gasteiger partial charge in [-0.1, -0.05) is 45.0 Å². The van der Waals surface area contributed by atoms with Crippen molar-refractivity contribution in [3.8, 4) is 0 Å². The van der Waals surface area contributed by atoms with Gasteiger partial charge >= 0.3 is 0 Å². The van der Waals surface area contributed by atoms with E-state index in [1.165, 1.54) is 5.56 Å². The summed E-state index contributed by atoms with van der Waals surface area (Å²) in [4.78, 5) is 0. The molecule has 0 bridgehead atoms. The van der Waals surface area contributed by atoms with Crippen LogP contribution in [0.25, 0.3) is 0 Å². The molecule has 0 saturated heterocycles. The molecule has 0 heterocycles. The fraction of sp³-hybridized carbons (Fsp3) is 0.625. The van der Waals surface area contributed by atoms with Crippen LogP contribution >= 0.6 is 0 Å². The van der Waals surface area contributed by atoms with E-state index in [0.717, 1.165) is 12.0 Å². The summed E-state index contributed by atoms with van der Waals surface area (Å²) in [5, 5.41) is 3.11. The van der Waals surface area contributed by atoms with Gasteiger partial charge in [-0.2, -0.15) is 0 Å². The summed E-state index contributed by atoms with van der Waals surface area (Å²) in [5.41, 5.74) is 2.34. The molecule has 1 rings (SSSR count). The maximum absolute atomic E-state index is 11.9. The molecule has 3 nitrogen and oxygen atoms in total. The average molecular weight is 297 g/mol. The number of hydrogen-bond acceptors (Lipinski definition) is 3. The van der Waals surface area contributed by atoms with Gasteiger partial charge in [-0.3, -0.25) is 0 Å². The van der Waals surface area contributed by atoms with Gasteiger partial charge < -0.3 is 5.32 Å². The second kappa shape index (κ2) is 7.79. The second-order valence-electron chi connectivity index (χ2n) is 5.80. The van der Waals surface area contributed by atoms with Crippen LogP contribution in [0.15, 0.2) is 24.3 Å². The van der Waals surface area contributed by atoms with E-state index >= 15 is 0 Å². The molecule has 1 atom stereocenters. The summed E-state index contributed by atoms with van der Waals surface area (Å²) in [6.07, 6.45) is 1.73. The predicted octanol–water partition coefficient (Wildman–Crippen LogP) is 2.97. The third kappa shape index (κ3) is 5.63. The molecule has 20 heavy (non-hydrogen) atoms. The minimum absolute atomic E-state index is 0.125. The van der Waals surface area contributed by atoms with Crippen LogP contribution < -0.4 is 5.32 Å². The number of nitrogens with one attached hydrogen (secondary N) is 1. The third-order valence-corrected chi connectivity index (χ3v) is 5.18. The largest absolute Gasteiger partial charge is 0.312 e. The van der Waals surface area contributed by atoms with Crippen molar-refractivity contribution in [2.45, 2.75) is 39.7 Å². The Hall–Kier alpha value is -0.870. The minimum atomic E-state index is -2.98. The molecule has 0 amide bonds. The lowest BCUT2D eigenvalue weighted by Crippen LogP contribution is -2.26. The van der Waals surface area contributed by atoms with Gasteiger partial charge in [-0.15, -0.1) is 0 Å². The number of sulfone groups is 1. The zero-order chi connectivity index (χ0) is 15.2. The Balaban J connectivity index is 2.80. The molecule has 1 aromatic carbocycles. The number of hydrogen-bond donors (Lipinski definition) is 1. The first-order chi connectivity index (χ1) is 9.38. The number of benzene rings is 1. The Labute approximate surface area is 123 Å². The van der Waals surface area contributed by atoms with Crippen molar-refractivity contribution in [1.29, 1.82) is 0 Å². The molecule has 1 N–H and O–H groups in total. The van der Waals surface area contributed by atoms with Crippen LogP contribution in [-0.2, 0) is 16.3 Å². The fourth-order valence-corrected chi connectivity index (χ4v) is 4.01. The van der Waals surface area contributed by atoms with Crippen LogP contribution in [0.4, 0.5) is 0 Å². The highest BCUT2D eigenvalue weighted by atomic mass is 32.2. The highest BCUT2D eigenvalue weighted by molar-refractivity contribution is 7.91. The molecule has 0 radical (unpaired) electrons. The molecule has 0 aliphatic carbocycles. The summed E-state index contributed by atoms with van der Waals surface area (Å²) < 4.78 is 23.9. The van der Waals surface area contributed by atoms with E-state index in [-0.39, 0.29) is 17.5 Å². The lowest BCUT2D eigenvalue weighted by molar-refractivity contribution is 0.573. The topological polar surface area (TPSA) is 46.2 Å². The molecule has 114 valence electrons. The normalized spacial score (nSPS) is 13.7. The first-order valence-electron chi connectivity index (χ1n) is 7.34. The molecule has 4 heteroatoms. The Bertz CT molecular complexity index is 492. The highest BCUT2D eigenvalue weighted by Gasteiger charge is 2.18. The van der Waals surface area contributed by atoms with E-state index in [1.807, 2.05) is 26.1 Å². The fourth-order valence-electron chi connectivity index (χ4n) is 2.35. The SMILES string of the molecule is CCCS(=O)(=O)CC(NC)c1ccc(CC(C)C)cc1. The summed E-state index contributed by atoms with van der Waals surface area (Å²) >= 11 is 0. The first kappa shape index (κ1) is 17.2. The zero-order valence-electron chi connectivity index (χ0n) is 13.0. The maximum Gasteiger partial charge on any atom is 0.152 e. The summed E-state index contributed by atoms with van der Waals surface area (Å²) in [5.74, 6) is 1.06. The molecule has 0 aliphatic rings. The van der Waals surface area contributed by atoms with Gasteiger partial charge in [0.1, 0.15) is 0 Å². The third-order valence-electron chi connectivity index (χ3n) is 3.31. The summed E-state index contributed by atoms with van der Waals surface area (Å²) in [6.45, 7) is 6.29. The van der Waals surface area contributed by atoms with Crippen LogP contribution in [0, 0.1) is 5.92 Å². The second-order valence-corrected chi connectivity index (χ2v) is 8.02. The van der Waals surface area contributed by atoms with Gasteiger partial charge in [0.05, 0.1) is 5.75 Å². The molecule has 0 saturated carbocycles. The molecule has 0 spiro atoms. The molecule has 1 aromatic rings. The standard InChI is InChI=1S/C16H27NO2S/c1-5-10-20(18,19)12-16(17-4)15-8-6-14(7-9-15)11-13(2)3/h6-9,13,16-17H,5,10-12H2,1-4H3. The molecular weight excluding hydrogens is 270 g/mol. The zero-order valence-corrected chi connectivity index (χ0v) is 13.8. The lowest BCUT2D eigenvalue weighted by Gasteiger charge is -2.17. The van der Waals surface area contributed by atoms with Gasteiger partial charge in [-0.05, 0) is 36.9 Å². The monoisotopic (exact) mass is 297 g/mol. The smallest absolute Gasteiger partial charge is 0.152 e. The van der Waals surface area contributed by atoms with Crippen molar-refractivity contribution in [3.63, 3.8) is 0 Å². The Morgan fingerprint density at radius 3 is 2.20 bits per heavy atom. The highest BCUT2D eigenvalue weighted by Crippen LogP contribution is 2.18. The summed E-state index contributed by atoms with van der Waals surface area (Å²) in [7, 11) is -1.17. The van der Waals surface area contributed by atoms with E-state index in [1.54, 1.807) is 0 Å².